The number of hydrogen-bond acceptors (Lipinski definition) is 4. The van der Waals surface area contributed by atoms with Gasteiger partial charge >= 0.3 is 5.97 Å². The molecule has 0 bridgehead atoms. The SMILES string of the molecule is Cc1ccccc1C(=O)N/N=C/c1ccc(OC(=O)c2ccc(Cl)cc2Cl)cc1. The maximum Gasteiger partial charge on any atom is 0.345 e. The molecule has 7 heteroatoms. The van der Waals surface area contributed by atoms with E-state index in [-0.39, 0.29) is 16.5 Å². The Hall–Kier alpha value is -3.15. The van der Waals surface area contributed by atoms with Gasteiger partial charge in [0, 0.05) is 10.6 Å². The van der Waals surface area contributed by atoms with Crippen molar-refractivity contribution in [3.05, 3.63) is 99.0 Å². The van der Waals surface area contributed by atoms with Gasteiger partial charge in [-0.2, -0.15) is 5.10 Å². The smallest absolute Gasteiger partial charge is 0.345 e. The lowest BCUT2D eigenvalue weighted by Gasteiger charge is -2.06. The summed E-state index contributed by atoms with van der Waals surface area (Å²) in [6, 6.07) is 18.4. The number of ether oxygens (including phenoxy) is 1. The topological polar surface area (TPSA) is 67.8 Å². The fraction of sp³-hybridized carbons (Fsp3) is 0.0455. The van der Waals surface area contributed by atoms with Crippen molar-refractivity contribution >= 4 is 41.3 Å². The van der Waals surface area contributed by atoms with Crippen LogP contribution in [0, 0.1) is 6.92 Å². The molecule has 0 radical (unpaired) electrons. The molecule has 5 nitrogen and oxygen atoms in total. The molecule has 3 aromatic rings. The fourth-order valence-corrected chi connectivity index (χ4v) is 2.98. The van der Waals surface area contributed by atoms with Crippen molar-refractivity contribution in [1.29, 1.82) is 0 Å². The van der Waals surface area contributed by atoms with Crippen molar-refractivity contribution in [3.8, 4) is 5.75 Å². The average molecular weight is 427 g/mol. The summed E-state index contributed by atoms with van der Waals surface area (Å²) in [6.07, 6.45) is 1.50. The van der Waals surface area contributed by atoms with Gasteiger partial charge in [0.2, 0.25) is 0 Å². The second kappa shape index (κ2) is 9.37. The van der Waals surface area contributed by atoms with E-state index in [1.165, 1.54) is 18.3 Å². The Morgan fingerprint density at radius 3 is 2.38 bits per heavy atom. The van der Waals surface area contributed by atoms with Crippen LogP contribution in [0.1, 0.15) is 31.8 Å². The zero-order chi connectivity index (χ0) is 20.8. The van der Waals surface area contributed by atoms with Crippen LogP contribution in [-0.2, 0) is 0 Å². The summed E-state index contributed by atoms with van der Waals surface area (Å²) in [4.78, 5) is 24.3. The van der Waals surface area contributed by atoms with Crippen molar-refractivity contribution in [3.63, 3.8) is 0 Å². The number of carbonyl (C=O) groups is 2. The minimum atomic E-state index is -0.585. The molecule has 0 heterocycles. The minimum Gasteiger partial charge on any atom is -0.423 e. The largest absolute Gasteiger partial charge is 0.423 e. The molecule has 0 aliphatic carbocycles. The Labute approximate surface area is 177 Å². The molecule has 146 valence electrons. The van der Waals surface area contributed by atoms with Crippen LogP contribution in [0.3, 0.4) is 0 Å². The van der Waals surface area contributed by atoms with E-state index >= 15 is 0 Å². The second-order valence-corrected chi connectivity index (χ2v) is 6.94. The Morgan fingerprint density at radius 1 is 0.966 bits per heavy atom. The molecule has 3 rings (SSSR count). The summed E-state index contributed by atoms with van der Waals surface area (Å²) < 4.78 is 5.31. The lowest BCUT2D eigenvalue weighted by Crippen LogP contribution is -2.18. The predicted molar refractivity (Wildman–Crippen MR) is 114 cm³/mol. The van der Waals surface area contributed by atoms with Crippen LogP contribution in [0.25, 0.3) is 0 Å². The highest BCUT2D eigenvalue weighted by Gasteiger charge is 2.13. The number of carbonyl (C=O) groups excluding carboxylic acids is 2. The lowest BCUT2D eigenvalue weighted by molar-refractivity contribution is 0.0734. The summed E-state index contributed by atoms with van der Waals surface area (Å²) >= 11 is 11.8. The van der Waals surface area contributed by atoms with Crippen molar-refractivity contribution < 1.29 is 14.3 Å². The number of benzene rings is 3. The van der Waals surface area contributed by atoms with Gasteiger partial charge in [-0.1, -0.05) is 41.4 Å². The highest BCUT2D eigenvalue weighted by atomic mass is 35.5. The first kappa shape index (κ1) is 20.6. The summed E-state index contributed by atoms with van der Waals surface area (Å²) in [6.45, 7) is 1.86. The van der Waals surface area contributed by atoms with Gasteiger partial charge in [0.15, 0.2) is 0 Å². The van der Waals surface area contributed by atoms with Crippen LogP contribution in [-0.4, -0.2) is 18.1 Å². The molecule has 0 unspecified atom stereocenters. The molecular formula is C22H16Cl2N2O3. The van der Waals surface area contributed by atoms with Gasteiger partial charge in [-0.15, -0.1) is 0 Å². The number of nitrogens with zero attached hydrogens (tertiary/aromatic N) is 1. The van der Waals surface area contributed by atoms with Crippen LogP contribution in [0.2, 0.25) is 10.0 Å². The first-order valence-corrected chi connectivity index (χ1v) is 9.36. The van der Waals surface area contributed by atoms with Crippen LogP contribution in [0.15, 0.2) is 71.8 Å². The first-order chi connectivity index (χ1) is 13.9. The van der Waals surface area contributed by atoms with Crippen molar-refractivity contribution in [2.75, 3.05) is 0 Å². The van der Waals surface area contributed by atoms with Gasteiger partial charge in [-0.05, 0) is 66.6 Å². The summed E-state index contributed by atoms with van der Waals surface area (Å²) in [5.74, 6) is -0.523. The van der Waals surface area contributed by atoms with E-state index in [1.807, 2.05) is 19.1 Å². The van der Waals surface area contributed by atoms with E-state index in [0.29, 0.717) is 16.3 Å². The molecular weight excluding hydrogens is 411 g/mol. The molecule has 0 atom stereocenters. The number of hydrogen-bond donors (Lipinski definition) is 1. The molecule has 1 amide bonds. The molecule has 3 aromatic carbocycles. The van der Waals surface area contributed by atoms with E-state index in [4.69, 9.17) is 27.9 Å². The number of amides is 1. The summed E-state index contributed by atoms with van der Waals surface area (Å²) in [7, 11) is 0. The molecule has 0 aromatic heterocycles. The van der Waals surface area contributed by atoms with Gasteiger partial charge in [-0.3, -0.25) is 4.79 Å². The van der Waals surface area contributed by atoms with Crippen LogP contribution in [0.4, 0.5) is 0 Å². The van der Waals surface area contributed by atoms with E-state index in [2.05, 4.69) is 10.5 Å². The lowest BCUT2D eigenvalue weighted by atomic mass is 10.1. The molecule has 0 aliphatic rings. The molecule has 0 saturated carbocycles. The highest BCUT2D eigenvalue weighted by molar-refractivity contribution is 6.36. The Kier molecular flexibility index (Phi) is 6.65. The molecule has 0 fully saturated rings. The van der Waals surface area contributed by atoms with E-state index in [9.17, 15) is 9.59 Å². The van der Waals surface area contributed by atoms with Crippen LogP contribution >= 0.6 is 23.2 Å². The van der Waals surface area contributed by atoms with Crippen LogP contribution in [0.5, 0.6) is 5.75 Å². The molecule has 0 aliphatic heterocycles. The number of nitrogens with one attached hydrogen (secondary N) is 1. The fourth-order valence-electron chi connectivity index (χ4n) is 2.49. The van der Waals surface area contributed by atoms with Crippen molar-refractivity contribution in [1.82, 2.24) is 5.43 Å². The zero-order valence-electron chi connectivity index (χ0n) is 15.4. The molecule has 0 saturated heterocycles. The standard InChI is InChI=1S/C22H16Cl2N2O3/c1-14-4-2-3-5-18(14)21(27)26-25-13-15-6-9-17(10-7-15)29-22(28)19-11-8-16(23)12-20(19)24/h2-13H,1H3,(H,26,27)/b25-13+. The number of esters is 1. The number of aryl methyl sites for hydroxylation is 1. The second-order valence-electron chi connectivity index (χ2n) is 6.10. The number of halogens is 2. The van der Waals surface area contributed by atoms with Crippen molar-refractivity contribution in [2.45, 2.75) is 6.92 Å². The third-order valence-electron chi connectivity index (χ3n) is 4.01. The van der Waals surface area contributed by atoms with E-state index < -0.39 is 5.97 Å². The third-order valence-corrected chi connectivity index (χ3v) is 4.56. The maximum atomic E-state index is 12.2. The molecule has 1 N–H and O–H groups in total. The van der Waals surface area contributed by atoms with Crippen molar-refractivity contribution in [2.24, 2.45) is 5.10 Å². The van der Waals surface area contributed by atoms with E-state index in [1.54, 1.807) is 42.5 Å². The normalized spacial score (nSPS) is 10.7. The van der Waals surface area contributed by atoms with E-state index in [0.717, 1.165) is 11.1 Å². The zero-order valence-corrected chi connectivity index (χ0v) is 16.9. The van der Waals surface area contributed by atoms with Gasteiger partial charge in [0.1, 0.15) is 5.75 Å². The Balaban J connectivity index is 1.60. The maximum absolute atomic E-state index is 12.2. The monoisotopic (exact) mass is 426 g/mol. The van der Waals surface area contributed by atoms with Gasteiger partial charge in [0.25, 0.3) is 5.91 Å². The highest BCUT2D eigenvalue weighted by Crippen LogP contribution is 2.23. The van der Waals surface area contributed by atoms with Gasteiger partial charge in [-0.25, -0.2) is 10.2 Å². The summed E-state index contributed by atoms with van der Waals surface area (Å²) in [5, 5.41) is 4.61. The average Bonchev–Trinajstić information content (AvgIpc) is 2.69. The Bertz CT molecular complexity index is 1080. The summed E-state index contributed by atoms with van der Waals surface area (Å²) in [5.41, 5.74) is 4.86. The molecule has 29 heavy (non-hydrogen) atoms. The van der Waals surface area contributed by atoms with Gasteiger partial charge < -0.3 is 4.74 Å². The number of rotatable bonds is 5. The quantitative estimate of drug-likeness (QED) is 0.261. The third kappa shape index (κ3) is 5.44. The van der Waals surface area contributed by atoms with Gasteiger partial charge in [0.05, 0.1) is 16.8 Å². The Morgan fingerprint density at radius 2 is 1.69 bits per heavy atom. The first-order valence-electron chi connectivity index (χ1n) is 8.60. The number of hydrazone groups is 1. The predicted octanol–water partition coefficient (Wildman–Crippen LogP) is 5.28. The molecule has 0 spiro atoms. The van der Waals surface area contributed by atoms with Crippen LogP contribution < -0.4 is 10.2 Å². The minimum absolute atomic E-state index is 0.218.